The van der Waals surface area contributed by atoms with Gasteiger partial charge in [0.25, 0.3) is 0 Å². The summed E-state index contributed by atoms with van der Waals surface area (Å²) >= 11 is 5.90. The van der Waals surface area contributed by atoms with Crippen molar-refractivity contribution in [2.75, 3.05) is 37.3 Å². The fourth-order valence-electron chi connectivity index (χ4n) is 3.33. The molecular weight excluding hydrogens is 382 g/mol. The van der Waals surface area contributed by atoms with Crippen LogP contribution in [-0.4, -0.2) is 53.5 Å². The Bertz CT molecular complexity index is 820. The molecule has 0 saturated carbocycles. The average molecular weight is 406 g/mol. The summed E-state index contributed by atoms with van der Waals surface area (Å²) in [5.74, 6) is -0.0306. The number of benzene rings is 2. The number of hydrogen-bond donors (Lipinski definition) is 1. The highest BCUT2D eigenvalue weighted by molar-refractivity contribution is 7.84. The van der Waals surface area contributed by atoms with Gasteiger partial charge in [0, 0.05) is 37.5 Å². The molecule has 2 atom stereocenters. The zero-order valence-electron chi connectivity index (χ0n) is 15.3. The minimum absolute atomic E-state index is 0.0306. The highest BCUT2D eigenvalue weighted by atomic mass is 35.5. The first-order valence-electron chi connectivity index (χ1n) is 8.92. The van der Waals surface area contributed by atoms with E-state index in [1.165, 1.54) is 0 Å². The third kappa shape index (κ3) is 4.89. The smallest absolute Gasteiger partial charge is 0.239 e. The molecule has 1 heterocycles. The van der Waals surface area contributed by atoms with E-state index in [1.54, 1.807) is 6.26 Å². The number of nitrogens with zero attached hydrogens (tertiary/aromatic N) is 2. The molecule has 1 unspecified atom stereocenters. The first kappa shape index (κ1) is 19.9. The summed E-state index contributed by atoms with van der Waals surface area (Å²) in [5, 5.41) is 0.670. The molecule has 3 rings (SSSR count). The van der Waals surface area contributed by atoms with Crippen LogP contribution in [0, 0.1) is 0 Å². The number of piperazine rings is 1. The Balaban J connectivity index is 1.59. The highest BCUT2D eigenvalue weighted by Gasteiger charge is 2.26. The molecule has 1 saturated heterocycles. The molecule has 1 fully saturated rings. The van der Waals surface area contributed by atoms with Crippen molar-refractivity contribution in [3.8, 4) is 0 Å². The van der Waals surface area contributed by atoms with Crippen molar-refractivity contribution in [2.24, 2.45) is 5.73 Å². The molecule has 144 valence electrons. The number of rotatable bonds is 5. The van der Waals surface area contributed by atoms with E-state index in [4.69, 9.17) is 17.3 Å². The molecule has 0 radical (unpaired) electrons. The second-order valence-corrected chi connectivity index (χ2v) is 8.46. The van der Waals surface area contributed by atoms with Gasteiger partial charge in [0.2, 0.25) is 5.91 Å². The molecule has 7 heteroatoms. The van der Waals surface area contributed by atoms with Crippen molar-refractivity contribution in [2.45, 2.75) is 17.4 Å². The van der Waals surface area contributed by atoms with Gasteiger partial charge in [-0.15, -0.1) is 0 Å². The van der Waals surface area contributed by atoms with E-state index in [2.05, 4.69) is 4.90 Å². The summed E-state index contributed by atoms with van der Waals surface area (Å²) in [6, 6.07) is 14.6. The quantitative estimate of drug-likeness (QED) is 0.828. The Hall–Kier alpha value is -1.89. The van der Waals surface area contributed by atoms with Crippen LogP contribution < -0.4 is 10.6 Å². The monoisotopic (exact) mass is 405 g/mol. The lowest BCUT2D eigenvalue weighted by molar-refractivity contribution is -0.132. The largest absolute Gasteiger partial charge is 0.367 e. The molecule has 0 bridgehead atoms. The van der Waals surface area contributed by atoms with Crippen molar-refractivity contribution in [1.29, 1.82) is 0 Å². The Kier molecular flexibility index (Phi) is 6.52. The van der Waals surface area contributed by atoms with Crippen LogP contribution in [0.1, 0.15) is 5.56 Å². The number of nitrogens with two attached hydrogens (primary N) is 1. The summed E-state index contributed by atoms with van der Waals surface area (Å²) in [4.78, 5) is 17.5. The van der Waals surface area contributed by atoms with E-state index in [9.17, 15) is 9.00 Å². The predicted octanol–water partition coefficient (Wildman–Crippen LogP) is 2.30. The lowest BCUT2D eigenvalue weighted by Crippen LogP contribution is -2.53. The van der Waals surface area contributed by atoms with E-state index in [0.717, 1.165) is 16.1 Å². The minimum Gasteiger partial charge on any atom is -0.367 e. The maximum Gasteiger partial charge on any atom is 0.239 e. The second kappa shape index (κ2) is 8.87. The van der Waals surface area contributed by atoms with Crippen molar-refractivity contribution in [1.82, 2.24) is 4.90 Å². The van der Waals surface area contributed by atoms with Gasteiger partial charge in [0.1, 0.15) is 0 Å². The lowest BCUT2D eigenvalue weighted by atomic mass is 10.1. The Labute approximate surface area is 167 Å². The first-order chi connectivity index (χ1) is 13.0. The fourth-order valence-corrected chi connectivity index (χ4v) is 4.21. The molecule has 5 nitrogen and oxygen atoms in total. The van der Waals surface area contributed by atoms with Gasteiger partial charge in [0.05, 0.1) is 27.4 Å². The SMILES string of the molecule is CS(=O)c1ccccc1N1CCN(C(=O)[C@H](N)Cc2ccc(Cl)cc2)CC1. The third-order valence-electron chi connectivity index (χ3n) is 4.79. The summed E-state index contributed by atoms with van der Waals surface area (Å²) < 4.78 is 12.0. The van der Waals surface area contributed by atoms with Gasteiger partial charge in [-0.05, 0) is 36.2 Å². The van der Waals surface area contributed by atoms with Crippen molar-refractivity contribution >= 4 is 34.0 Å². The topological polar surface area (TPSA) is 66.6 Å². The number of amides is 1. The fraction of sp³-hybridized carbons (Fsp3) is 0.350. The van der Waals surface area contributed by atoms with Crippen LogP contribution >= 0.6 is 11.6 Å². The minimum atomic E-state index is -1.04. The maximum absolute atomic E-state index is 12.7. The molecule has 0 spiro atoms. The zero-order valence-corrected chi connectivity index (χ0v) is 16.9. The van der Waals surface area contributed by atoms with Crippen molar-refractivity contribution < 1.29 is 9.00 Å². The summed E-state index contributed by atoms with van der Waals surface area (Å²) in [7, 11) is -1.04. The van der Waals surface area contributed by atoms with Crippen LogP contribution in [0.25, 0.3) is 0 Å². The highest BCUT2D eigenvalue weighted by Crippen LogP contribution is 2.24. The maximum atomic E-state index is 12.7. The van der Waals surface area contributed by atoms with E-state index < -0.39 is 16.8 Å². The molecule has 2 aromatic carbocycles. The van der Waals surface area contributed by atoms with Crippen LogP contribution in [0.15, 0.2) is 53.4 Å². The van der Waals surface area contributed by atoms with Gasteiger partial charge in [-0.3, -0.25) is 9.00 Å². The molecule has 27 heavy (non-hydrogen) atoms. The number of hydrogen-bond acceptors (Lipinski definition) is 4. The Morgan fingerprint density at radius 1 is 1.11 bits per heavy atom. The Morgan fingerprint density at radius 3 is 2.37 bits per heavy atom. The zero-order chi connectivity index (χ0) is 19.4. The number of carbonyl (C=O) groups is 1. The van der Waals surface area contributed by atoms with E-state index in [1.807, 2.05) is 53.4 Å². The molecule has 0 aliphatic carbocycles. The van der Waals surface area contributed by atoms with Gasteiger partial charge >= 0.3 is 0 Å². The molecular formula is C20H24ClN3O2S. The van der Waals surface area contributed by atoms with Gasteiger partial charge in [0.15, 0.2) is 0 Å². The molecule has 1 aliphatic heterocycles. The number of halogens is 1. The van der Waals surface area contributed by atoms with E-state index >= 15 is 0 Å². The number of anilines is 1. The number of carbonyl (C=O) groups excluding carboxylic acids is 1. The van der Waals surface area contributed by atoms with Gasteiger partial charge < -0.3 is 15.5 Å². The second-order valence-electron chi connectivity index (χ2n) is 6.67. The van der Waals surface area contributed by atoms with Crippen LogP contribution in [-0.2, 0) is 22.0 Å². The van der Waals surface area contributed by atoms with Crippen LogP contribution in [0.2, 0.25) is 5.02 Å². The van der Waals surface area contributed by atoms with Crippen molar-refractivity contribution in [3.05, 3.63) is 59.1 Å². The third-order valence-corrected chi connectivity index (χ3v) is 6.01. The van der Waals surface area contributed by atoms with Crippen LogP contribution in [0.3, 0.4) is 0 Å². The first-order valence-corrected chi connectivity index (χ1v) is 10.9. The van der Waals surface area contributed by atoms with Gasteiger partial charge in [-0.2, -0.15) is 0 Å². The normalized spacial score (nSPS) is 16.9. The summed E-state index contributed by atoms with van der Waals surface area (Å²) in [5.41, 5.74) is 8.13. The summed E-state index contributed by atoms with van der Waals surface area (Å²) in [6.45, 7) is 2.62. The molecule has 1 aliphatic rings. The van der Waals surface area contributed by atoms with Crippen molar-refractivity contribution in [3.63, 3.8) is 0 Å². The van der Waals surface area contributed by atoms with E-state index in [-0.39, 0.29) is 5.91 Å². The van der Waals surface area contributed by atoms with Crippen LogP contribution in [0.4, 0.5) is 5.69 Å². The summed E-state index contributed by atoms with van der Waals surface area (Å²) in [6.07, 6.45) is 2.18. The Morgan fingerprint density at radius 2 is 1.74 bits per heavy atom. The van der Waals surface area contributed by atoms with Gasteiger partial charge in [-0.1, -0.05) is 35.9 Å². The molecule has 0 aromatic heterocycles. The lowest BCUT2D eigenvalue weighted by Gasteiger charge is -2.37. The van der Waals surface area contributed by atoms with Gasteiger partial charge in [-0.25, -0.2) is 0 Å². The average Bonchev–Trinajstić information content (AvgIpc) is 2.69. The number of para-hydroxylation sites is 1. The standard InChI is InChI=1S/C20H24ClN3O2S/c1-27(26)19-5-3-2-4-18(19)23-10-12-24(13-11-23)20(25)17(22)14-15-6-8-16(21)9-7-15/h2-9,17H,10-14,22H2,1H3/t17-,27?/m1/s1. The van der Waals surface area contributed by atoms with E-state index in [0.29, 0.717) is 37.6 Å². The molecule has 1 amide bonds. The molecule has 2 N–H and O–H groups in total. The van der Waals surface area contributed by atoms with Crippen LogP contribution in [0.5, 0.6) is 0 Å². The molecule has 2 aromatic rings. The predicted molar refractivity (Wildman–Crippen MR) is 111 cm³/mol.